The second-order valence-corrected chi connectivity index (χ2v) is 5.84. The molecule has 0 bridgehead atoms. The molecule has 1 aromatic carbocycles. The number of benzene rings is 1. The lowest BCUT2D eigenvalue weighted by molar-refractivity contribution is -0.119. The topological polar surface area (TPSA) is 92.3 Å². The van der Waals surface area contributed by atoms with Crippen molar-refractivity contribution in [1.29, 1.82) is 0 Å². The first-order valence-corrected chi connectivity index (χ1v) is 6.75. The van der Waals surface area contributed by atoms with Crippen molar-refractivity contribution in [2.75, 3.05) is 7.05 Å². The highest BCUT2D eigenvalue weighted by Gasteiger charge is 2.30. The lowest BCUT2D eigenvalue weighted by atomic mass is 10.4. The van der Waals surface area contributed by atoms with E-state index in [1.54, 1.807) is 18.2 Å². The molecule has 2 N–H and O–H groups in total. The highest BCUT2D eigenvalue weighted by Crippen LogP contribution is 2.15. The van der Waals surface area contributed by atoms with Crippen LogP contribution in [0.2, 0.25) is 0 Å². The molecule has 3 amide bonds. The van der Waals surface area contributed by atoms with Crippen LogP contribution in [0, 0.1) is 0 Å². The maximum atomic E-state index is 12.1. The Hall–Kier alpha value is -1.89. The van der Waals surface area contributed by atoms with E-state index < -0.39 is 27.0 Å². The summed E-state index contributed by atoms with van der Waals surface area (Å²) in [6.45, 7) is 1.24. The Balaban J connectivity index is 2.93. The van der Waals surface area contributed by atoms with E-state index in [0.29, 0.717) is 0 Å². The molecule has 98 valence electrons. The first-order chi connectivity index (χ1) is 8.39. The molecule has 0 radical (unpaired) electrons. The minimum atomic E-state index is -3.78. The normalized spacial score (nSPS) is 12.6. The van der Waals surface area contributed by atoms with Crippen LogP contribution in [0.3, 0.4) is 0 Å². The SMILES string of the molecule is CNC(=O)NC(=O)C(C)S(=O)(=O)c1ccccc1. The third-order valence-electron chi connectivity index (χ3n) is 2.37. The molecule has 0 spiro atoms. The number of urea groups is 1. The number of hydrogen-bond acceptors (Lipinski definition) is 4. The first kappa shape index (κ1) is 14.2. The van der Waals surface area contributed by atoms with E-state index in [1.807, 2.05) is 5.32 Å². The molecular formula is C11H14N2O4S. The highest BCUT2D eigenvalue weighted by molar-refractivity contribution is 7.92. The van der Waals surface area contributed by atoms with Gasteiger partial charge in [0, 0.05) is 7.05 Å². The summed E-state index contributed by atoms with van der Waals surface area (Å²) in [7, 11) is -2.45. The number of carbonyl (C=O) groups excluding carboxylic acids is 2. The molecule has 0 aromatic heterocycles. The van der Waals surface area contributed by atoms with Crippen molar-refractivity contribution in [2.24, 2.45) is 0 Å². The van der Waals surface area contributed by atoms with E-state index in [-0.39, 0.29) is 4.90 Å². The second-order valence-electron chi connectivity index (χ2n) is 3.57. The summed E-state index contributed by atoms with van der Waals surface area (Å²) in [6.07, 6.45) is 0. The van der Waals surface area contributed by atoms with E-state index in [1.165, 1.54) is 26.1 Å². The van der Waals surface area contributed by atoms with Crippen LogP contribution < -0.4 is 10.6 Å². The van der Waals surface area contributed by atoms with Gasteiger partial charge in [0.25, 0.3) is 0 Å². The number of carbonyl (C=O) groups is 2. The fourth-order valence-corrected chi connectivity index (χ4v) is 2.52. The van der Waals surface area contributed by atoms with Crippen molar-refractivity contribution in [3.8, 4) is 0 Å². The van der Waals surface area contributed by atoms with Gasteiger partial charge < -0.3 is 5.32 Å². The van der Waals surface area contributed by atoms with Crippen LogP contribution >= 0.6 is 0 Å². The predicted octanol–water partition coefficient (Wildman–Crippen LogP) is 0.304. The van der Waals surface area contributed by atoms with Crippen molar-refractivity contribution in [3.63, 3.8) is 0 Å². The molecule has 0 saturated heterocycles. The Kier molecular flexibility index (Phi) is 4.43. The Morgan fingerprint density at radius 3 is 2.22 bits per heavy atom. The number of rotatable bonds is 3. The lowest BCUT2D eigenvalue weighted by Crippen LogP contribution is -2.44. The Morgan fingerprint density at radius 1 is 1.17 bits per heavy atom. The number of sulfone groups is 1. The number of imide groups is 1. The average Bonchev–Trinajstić information content (AvgIpc) is 2.38. The number of hydrogen-bond donors (Lipinski definition) is 2. The summed E-state index contributed by atoms with van der Waals surface area (Å²) in [5, 5.41) is 2.78. The molecule has 0 aliphatic carbocycles. The number of nitrogens with one attached hydrogen (secondary N) is 2. The van der Waals surface area contributed by atoms with Crippen LogP contribution in [0.1, 0.15) is 6.92 Å². The molecule has 0 heterocycles. The first-order valence-electron chi connectivity index (χ1n) is 5.21. The molecule has 1 unspecified atom stereocenters. The van der Waals surface area contributed by atoms with Gasteiger partial charge >= 0.3 is 6.03 Å². The Bertz CT molecular complexity index is 539. The maximum Gasteiger partial charge on any atom is 0.321 e. The largest absolute Gasteiger partial charge is 0.341 e. The third kappa shape index (κ3) is 3.07. The smallest absolute Gasteiger partial charge is 0.321 e. The standard InChI is InChI=1S/C11H14N2O4S/c1-8(10(14)13-11(15)12-2)18(16,17)9-6-4-3-5-7-9/h3-8H,1-2H3,(H2,12,13,14,15). The fraction of sp³-hybridized carbons (Fsp3) is 0.273. The van der Waals surface area contributed by atoms with Gasteiger partial charge in [-0.25, -0.2) is 13.2 Å². The summed E-state index contributed by atoms with van der Waals surface area (Å²) in [5.74, 6) is -0.863. The molecule has 0 aliphatic heterocycles. The lowest BCUT2D eigenvalue weighted by Gasteiger charge is -2.12. The van der Waals surface area contributed by atoms with E-state index in [0.717, 1.165) is 0 Å². The quantitative estimate of drug-likeness (QED) is 0.826. The van der Waals surface area contributed by atoms with Gasteiger partial charge in [0.1, 0.15) is 5.25 Å². The molecule has 1 rings (SSSR count). The molecule has 0 saturated carbocycles. The predicted molar refractivity (Wildman–Crippen MR) is 65.7 cm³/mol. The summed E-state index contributed by atoms with van der Waals surface area (Å²) < 4.78 is 24.1. The molecule has 0 fully saturated rings. The second kappa shape index (κ2) is 5.63. The van der Waals surface area contributed by atoms with Crippen LogP contribution in [0.4, 0.5) is 4.79 Å². The molecule has 1 aromatic rings. The van der Waals surface area contributed by atoms with Gasteiger partial charge in [0.05, 0.1) is 4.90 Å². The van der Waals surface area contributed by atoms with Gasteiger partial charge in [-0.1, -0.05) is 18.2 Å². The van der Waals surface area contributed by atoms with Crippen LogP contribution in [-0.4, -0.2) is 32.7 Å². The highest BCUT2D eigenvalue weighted by atomic mass is 32.2. The van der Waals surface area contributed by atoms with E-state index in [4.69, 9.17) is 0 Å². The van der Waals surface area contributed by atoms with Crippen LogP contribution in [0.15, 0.2) is 35.2 Å². The van der Waals surface area contributed by atoms with Gasteiger partial charge in [-0.3, -0.25) is 10.1 Å². The summed E-state index contributed by atoms with van der Waals surface area (Å²) in [5.41, 5.74) is 0. The van der Waals surface area contributed by atoms with E-state index in [2.05, 4.69) is 5.32 Å². The zero-order chi connectivity index (χ0) is 13.8. The van der Waals surface area contributed by atoms with Gasteiger partial charge in [-0.05, 0) is 19.1 Å². The van der Waals surface area contributed by atoms with Crippen molar-refractivity contribution in [1.82, 2.24) is 10.6 Å². The van der Waals surface area contributed by atoms with Crippen molar-refractivity contribution in [2.45, 2.75) is 17.1 Å². The van der Waals surface area contributed by atoms with Crippen LogP contribution in [0.25, 0.3) is 0 Å². The van der Waals surface area contributed by atoms with Gasteiger partial charge in [-0.2, -0.15) is 0 Å². The zero-order valence-electron chi connectivity index (χ0n) is 10.0. The monoisotopic (exact) mass is 270 g/mol. The van der Waals surface area contributed by atoms with Gasteiger partial charge in [-0.15, -0.1) is 0 Å². The van der Waals surface area contributed by atoms with Crippen molar-refractivity contribution in [3.05, 3.63) is 30.3 Å². The van der Waals surface area contributed by atoms with E-state index >= 15 is 0 Å². The number of amides is 3. The molecule has 1 atom stereocenters. The minimum Gasteiger partial charge on any atom is -0.341 e. The van der Waals surface area contributed by atoms with Crippen molar-refractivity contribution < 1.29 is 18.0 Å². The average molecular weight is 270 g/mol. The molecule has 7 heteroatoms. The summed E-state index contributed by atoms with van der Waals surface area (Å²) >= 11 is 0. The van der Waals surface area contributed by atoms with Gasteiger partial charge in [0.15, 0.2) is 9.84 Å². The van der Waals surface area contributed by atoms with Crippen LogP contribution in [0.5, 0.6) is 0 Å². The molecule has 18 heavy (non-hydrogen) atoms. The van der Waals surface area contributed by atoms with Crippen LogP contribution in [-0.2, 0) is 14.6 Å². The summed E-state index contributed by atoms with van der Waals surface area (Å²) in [6, 6.07) is 6.87. The third-order valence-corrected chi connectivity index (χ3v) is 4.44. The molecule has 0 aliphatic rings. The fourth-order valence-electron chi connectivity index (χ4n) is 1.23. The zero-order valence-corrected chi connectivity index (χ0v) is 10.8. The van der Waals surface area contributed by atoms with Crippen molar-refractivity contribution >= 4 is 21.8 Å². The minimum absolute atomic E-state index is 0.0459. The molecule has 6 nitrogen and oxygen atoms in total. The van der Waals surface area contributed by atoms with E-state index in [9.17, 15) is 18.0 Å². The Morgan fingerprint density at radius 2 is 1.72 bits per heavy atom. The maximum absolute atomic E-state index is 12.1. The summed E-state index contributed by atoms with van der Waals surface area (Å²) in [4.78, 5) is 22.6. The Labute approximate surface area is 105 Å². The molecular weight excluding hydrogens is 256 g/mol. The van der Waals surface area contributed by atoms with Gasteiger partial charge in [0.2, 0.25) is 5.91 Å².